The Bertz CT molecular complexity index is 901. The molecule has 0 aliphatic carbocycles. The van der Waals surface area contributed by atoms with Crippen molar-refractivity contribution >= 4 is 23.1 Å². The van der Waals surface area contributed by atoms with Crippen LogP contribution in [0.4, 0.5) is 17.2 Å². The summed E-state index contributed by atoms with van der Waals surface area (Å²) >= 11 is 0. The summed E-state index contributed by atoms with van der Waals surface area (Å²) < 4.78 is 5.96. The molecule has 0 bridgehead atoms. The maximum Gasteiger partial charge on any atom is 0.230 e. The maximum atomic E-state index is 12.0. The van der Waals surface area contributed by atoms with Crippen molar-refractivity contribution in [3.8, 4) is 11.5 Å². The largest absolute Gasteiger partial charge is 0.455 e. The van der Waals surface area contributed by atoms with Crippen LogP contribution in [0.2, 0.25) is 0 Å². The lowest BCUT2D eigenvalue weighted by molar-refractivity contribution is -0.123. The molecule has 1 aromatic heterocycles. The molecule has 138 valence electrons. The molecule has 0 fully saturated rings. The fourth-order valence-corrected chi connectivity index (χ4v) is 2.28. The molecule has 0 aliphatic heterocycles. The van der Waals surface area contributed by atoms with Crippen molar-refractivity contribution < 1.29 is 9.53 Å². The standard InChI is InChI=1S/C22H23N3O2/c1-22(2,3)21(26)25-20-14-13-16(15-23-20)24-18-11-7-8-12-19(18)27-17-9-5-4-6-10-17/h4-15,24H,1-3H3,(H,23,25,26). The molecule has 3 aromatic rings. The first-order valence-corrected chi connectivity index (χ1v) is 8.78. The van der Waals surface area contributed by atoms with Gasteiger partial charge in [0.25, 0.3) is 0 Å². The van der Waals surface area contributed by atoms with Crippen LogP contribution in [-0.2, 0) is 4.79 Å². The molecule has 0 unspecified atom stereocenters. The highest BCUT2D eigenvalue weighted by molar-refractivity contribution is 5.93. The van der Waals surface area contributed by atoms with E-state index in [1.165, 1.54) is 0 Å². The van der Waals surface area contributed by atoms with Gasteiger partial charge in [0, 0.05) is 5.41 Å². The molecular formula is C22H23N3O2. The van der Waals surface area contributed by atoms with Gasteiger partial charge in [-0.25, -0.2) is 4.98 Å². The molecule has 0 saturated carbocycles. The van der Waals surface area contributed by atoms with Crippen LogP contribution in [0.25, 0.3) is 0 Å². The third kappa shape index (κ3) is 5.07. The van der Waals surface area contributed by atoms with Gasteiger partial charge in [-0.15, -0.1) is 0 Å². The molecule has 1 amide bonds. The number of rotatable bonds is 5. The molecule has 0 aliphatic rings. The van der Waals surface area contributed by atoms with E-state index in [0.29, 0.717) is 11.6 Å². The molecule has 2 N–H and O–H groups in total. The number of anilines is 3. The second kappa shape index (κ2) is 7.91. The van der Waals surface area contributed by atoms with Gasteiger partial charge in [-0.05, 0) is 36.4 Å². The van der Waals surface area contributed by atoms with E-state index in [9.17, 15) is 4.79 Å². The lowest BCUT2D eigenvalue weighted by Gasteiger charge is -2.17. The monoisotopic (exact) mass is 361 g/mol. The van der Waals surface area contributed by atoms with Gasteiger partial charge in [-0.2, -0.15) is 0 Å². The van der Waals surface area contributed by atoms with Crippen molar-refractivity contribution in [2.45, 2.75) is 20.8 Å². The summed E-state index contributed by atoms with van der Waals surface area (Å²) in [5.41, 5.74) is 1.16. The minimum absolute atomic E-state index is 0.0719. The minimum atomic E-state index is -0.466. The van der Waals surface area contributed by atoms with Gasteiger partial charge >= 0.3 is 0 Å². The predicted molar refractivity (Wildman–Crippen MR) is 109 cm³/mol. The summed E-state index contributed by atoms with van der Waals surface area (Å²) in [4.78, 5) is 16.4. The molecule has 0 spiro atoms. The van der Waals surface area contributed by atoms with Crippen LogP contribution < -0.4 is 15.4 Å². The second-order valence-electron chi connectivity index (χ2n) is 7.17. The van der Waals surface area contributed by atoms with Gasteiger partial charge in [0.15, 0.2) is 5.75 Å². The summed E-state index contributed by atoms with van der Waals surface area (Å²) in [5.74, 6) is 1.94. The summed E-state index contributed by atoms with van der Waals surface area (Å²) in [6, 6.07) is 21.0. The van der Waals surface area contributed by atoms with E-state index >= 15 is 0 Å². The lowest BCUT2D eigenvalue weighted by atomic mass is 9.96. The fourth-order valence-electron chi connectivity index (χ4n) is 2.28. The van der Waals surface area contributed by atoms with Crippen molar-refractivity contribution in [3.63, 3.8) is 0 Å². The highest BCUT2D eigenvalue weighted by atomic mass is 16.5. The first-order chi connectivity index (χ1) is 12.9. The Kier molecular flexibility index (Phi) is 5.41. The number of aromatic nitrogens is 1. The van der Waals surface area contributed by atoms with Crippen LogP contribution in [0.15, 0.2) is 72.9 Å². The van der Waals surface area contributed by atoms with Crippen LogP contribution in [-0.4, -0.2) is 10.9 Å². The van der Waals surface area contributed by atoms with Crippen LogP contribution in [0.1, 0.15) is 20.8 Å². The first-order valence-electron chi connectivity index (χ1n) is 8.78. The van der Waals surface area contributed by atoms with Crippen molar-refractivity contribution in [1.29, 1.82) is 0 Å². The maximum absolute atomic E-state index is 12.0. The molecule has 3 rings (SSSR count). The Morgan fingerprint density at radius 2 is 1.63 bits per heavy atom. The number of ether oxygens (including phenoxy) is 1. The number of benzene rings is 2. The Balaban J connectivity index is 1.72. The third-order valence-electron chi connectivity index (χ3n) is 3.82. The number of carbonyl (C=O) groups excluding carboxylic acids is 1. The predicted octanol–water partition coefficient (Wildman–Crippen LogP) is 5.60. The van der Waals surface area contributed by atoms with Crippen molar-refractivity contribution in [2.75, 3.05) is 10.6 Å². The van der Waals surface area contributed by atoms with E-state index < -0.39 is 5.41 Å². The highest BCUT2D eigenvalue weighted by Gasteiger charge is 2.21. The fraction of sp³-hybridized carbons (Fsp3) is 0.182. The summed E-state index contributed by atoms with van der Waals surface area (Å²) in [6.07, 6.45) is 1.68. The van der Waals surface area contributed by atoms with E-state index in [4.69, 9.17) is 4.74 Å². The molecule has 0 saturated heterocycles. The number of pyridine rings is 1. The number of amides is 1. The number of nitrogens with zero attached hydrogens (tertiary/aromatic N) is 1. The molecule has 2 aromatic carbocycles. The highest BCUT2D eigenvalue weighted by Crippen LogP contribution is 2.31. The number of hydrogen-bond donors (Lipinski definition) is 2. The van der Waals surface area contributed by atoms with Crippen molar-refractivity contribution in [2.24, 2.45) is 5.41 Å². The topological polar surface area (TPSA) is 63.2 Å². The van der Waals surface area contributed by atoms with Crippen LogP contribution in [0, 0.1) is 5.41 Å². The zero-order chi connectivity index (χ0) is 19.3. The Labute approximate surface area is 159 Å². The normalized spacial score (nSPS) is 10.9. The third-order valence-corrected chi connectivity index (χ3v) is 3.82. The molecule has 1 heterocycles. The number of para-hydroxylation sites is 3. The second-order valence-corrected chi connectivity index (χ2v) is 7.17. The lowest BCUT2D eigenvalue weighted by Crippen LogP contribution is -2.27. The van der Waals surface area contributed by atoms with Crippen molar-refractivity contribution in [3.05, 3.63) is 72.9 Å². The minimum Gasteiger partial charge on any atom is -0.455 e. The van der Waals surface area contributed by atoms with E-state index in [-0.39, 0.29) is 5.91 Å². The SMILES string of the molecule is CC(C)(C)C(=O)Nc1ccc(Nc2ccccc2Oc2ccccc2)cn1. The van der Waals surface area contributed by atoms with Gasteiger partial charge in [0.05, 0.1) is 17.6 Å². The Morgan fingerprint density at radius 3 is 2.30 bits per heavy atom. The van der Waals surface area contributed by atoms with Gasteiger partial charge in [0.1, 0.15) is 11.6 Å². The van der Waals surface area contributed by atoms with E-state index in [2.05, 4.69) is 15.6 Å². The van der Waals surface area contributed by atoms with E-state index in [1.54, 1.807) is 12.3 Å². The first kappa shape index (κ1) is 18.5. The average Bonchev–Trinajstić information content (AvgIpc) is 2.65. The summed E-state index contributed by atoms with van der Waals surface area (Å²) in [5, 5.41) is 6.12. The number of carbonyl (C=O) groups is 1. The van der Waals surface area contributed by atoms with Gasteiger partial charge < -0.3 is 15.4 Å². The Morgan fingerprint density at radius 1 is 0.926 bits per heavy atom. The summed E-state index contributed by atoms with van der Waals surface area (Å²) in [7, 11) is 0. The average molecular weight is 361 g/mol. The van der Waals surface area contributed by atoms with Gasteiger partial charge in [0.2, 0.25) is 5.91 Å². The number of hydrogen-bond acceptors (Lipinski definition) is 4. The quantitative estimate of drug-likeness (QED) is 0.621. The number of nitrogens with one attached hydrogen (secondary N) is 2. The van der Waals surface area contributed by atoms with Crippen molar-refractivity contribution in [1.82, 2.24) is 4.98 Å². The summed E-state index contributed by atoms with van der Waals surface area (Å²) in [6.45, 7) is 5.59. The molecule has 0 radical (unpaired) electrons. The van der Waals surface area contributed by atoms with Gasteiger partial charge in [-0.3, -0.25) is 4.79 Å². The van der Waals surface area contributed by atoms with Crippen LogP contribution in [0.3, 0.4) is 0 Å². The molecule has 0 atom stereocenters. The Hall–Kier alpha value is -3.34. The molecule has 5 nitrogen and oxygen atoms in total. The van der Waals surface area contributed by atoms with Crippen LogP contribution >= 0.6 is 0 Å². The molecule has 27 heavy (non-hydrogen) atoms. The zero-order valence-corrected chi connectivity index (χ0v) is 15.7. The molecular weight excluding hydrogens is 338 g/mol. The van der Waals surface area contributed by atoms with E-state index in [1.807, 2.05) is 81.4 Å². The zero-order valence-electron chi connectivity index (χ0n) is 15.7. The smallest absolute Gasteiger partial charge is 0.230 e. The van der Waals surface area contributed by atoms with Crippen LogP contribution in [0.5, 0.6) is 11.5 Å². The molecule has 5 heteroatoms. The van der Waals surface area contributed by atoms with Gasteiger partial charge in [-0.1, -0.05) is 51.1 Å². The van der Waals surface area contributed by atoms with E-state index in [0.717, 1.165) is 17.1 Å².